The van der Waals surface area contributed by atoms with Crippen LogP contribution in [0.2, 0.25) is 0 Å². The van der Waals surface area contributed by atoms with Crippen LogP contribution in [-0.4, -0.2) is 39.2 Å². The van der Waals surface area contributed by atoms with Crippen molar-refractivity contribution in [3.05, 3.63) is 45.6 Å². The molecule has 1 aliphatic rings. The maximum atomic E-state index is 13.0. The lowest BCUT2D eigenvalue weighted by molar-refractivity contribution is -0.127. The lowest BCUT2D eigenvalue weighted by atomic mass is 10.1. The zero-order valence-corrected chi connectivity index (χ0v) is 17.7. The summed E-state index contributed by atoms with van der Waals surface area (Å²) in [6.07, 6.45) is 2.16. The fourth-order valence-electron chi connectivity index (χ4n) is 3.49. The first-order valence-corrected chi connectivity index (χ1v) is 11.4. The molecule has 0 atom stereocenters. The van der Waals surface area contributed by atoms with Gasteiger partial charge in [0.15, 0.2) is 5.16 Å². The number of carbonyl (C=O) groups is 1. The third-order valence-electron chi connectivity index (χ3n) is 5.10. The Kier molecular flexibility index (Phi) is 5.55. The maximum Gasteiger partial charge on any atom is 0.272 e. The molecule has 146 valence electrons. The van der Waals surface area contributed by atoms with Gasteiger partial charge in [-0.2, -0.15) is 0 Å². The van der Waals surface area contributed by atoms with E-state index in [4.69, 9.17) is 4.98 Å². The van der Waals surface area contributed by atoms with Crippen molar-refractivity contribution in [2.75, 3.05) is 18.8 Å². The number of aromatic nitrogens is 2. The number of carbonyl (C=O) groups excluding carboxylic acids is 1. The number of likely N-dealkylation sites (tertiary alicyclic amines) is 1. The van der Waals surface area contributed by atoms with E-state index in [2.05, 4.69) is 31.2 Å². The average molecular weight is 414 g/mol. The molecule has 1 amide bonds. The first kappa shape index (κ1) is 19.2. The van der Waals surface area contributed by atoms with Crippen LogP contribution in [0, 0.1) is 6.92 Å². The molecule has 3 aromatic rings. The molecular weight excluding hydrogens is 390 g/mol. The molecule has 1 fully saturated rings. The monoisotopic (exact) mass is 413 g/mol. The van der Waals surface area contributed by atoms with Gasteiger partial charge >= 0.3 is 0 Å². The Bertz CT molecular complexity index is 1060. The normalized spacial score (nSPS) is 14.1. The van der Waals surface area contributed by atoms with Crippen molar-refractivity contribution in [1.82, 2.24) is 14.5 Å². The van der Waals surface area contributed by atoms with Gasteiger partial charge in [0.05, 0.1) is 11.3 Å². The number of hydrogen-bond donors (Lipinski definition) is 0. The number of fused-ring (bicyclic) bond motifs is 1. The molecule has 28 heavy (non-hydrogen) atoms. The molecule has 5 nitrogen and oxygen atoms in total. The van der Waals surface area contributed by atoms with E-state index in [1.54, 1.807) is 4.57 Å². The SMILES string of the molecule is CCn1c(SCC(=O)N2CCCC2)nc2c(-c3ccc(C)cc3)csc2c1=O. The van der Waals surface area contributed by atoms with E-state index in [0.29, 0.717) is 22.2 Å². The van der Waals surface area contributed by atoms with E-state index in [0.717, 1.165) is 42.6 Å². The summed E-state index contributed by atoms with van der Waals surface area (Å²) in [5.74, 6) is 0.450. The summed E-state index contributed by atoms with van der Waals surface area (Å²) < 4.78 is 2.35. The Morgan fingerprint density at radius 1 is 1.21 bits per heavy atom. The van der Waals surface area contributed by atoms with Crippen LogP contribution in [0.1, 0.15) is 25.3 Å². The molecule has 7 heteroatoms. The minimum atomic E-state index is -0.0213. The van der Waals surface area contributed by atoms with Crippen LogP contribution in [0.4, 0.5) is 0 Å². The quantitative estimate of drug-likeness (QED) is 0.465. The number of thioether (sulfide) groups is 1. The second kappa shape index (κ2) is 8.09. The van der Waals surface area contributed by atoms with E-state index in [-0.39, 0.29) is 11.5 Å². The molecule has 4 rings (SSSR count). The Morgan fingerprint density at radius 2 is 1.93 bits per heavy atom. The highest BCUT2D eigenvalue weighted by molar-refractivity contribution is 7.99. The van der Waals surface area contributed by atoms with E-state index in [1.807, 2.05) is 17.2 Å². The van der Waals surface area contributed by atoms with Gasteiger partial charge in [0, 0.05) is 30.6 Å². The van der Waals surface area contributed by atoms with Crippen molar-refractivity contribution in [3.8, 4) is 11.1 Å². The number of thiophene rings is 1. The van der Waals surface area contributed by atoms with Gasteiger partial charge in [-0.3, -0.25) is 14.2 Å². The fraction of sp³-hybridized carbons (Fsp3) is 0.381. The van der Waals surface area contributed by atoms with E-state index in [9.17, 15) is 9.59 Å². The standard InChI is InChI=1S/C21H23N3O2S2/c1-3-24-20(26)19-18(16(12-27-19)15-8-6-14(2)7-9-15)22-21(24)28-13-17(25)23-10-4-5-11-23/h6-9,12H,3-5,10-11,13H2,1-2H3. The van der Waals surface area contributed by atoms with Crippen LogP contribution < -0.4 is 5.56 Å². The molecular formula is C21H23N3O2S2. The first-order chi connectivity index (χ1) is 13.6. The minimum absolute atomic E-state index is 0.0213. The number of benzene rings is 1. The molecule has 1 aliphatic heterocycles. The topological polar surface area (TPSA) is 55.2 Å². The lowest BCUT2D eigenvalue weighted by Crippen LogP contribution is -2.29. The van der Waals surface area contributed by atoms with E-state index >= 15 is 0 Å². The largest absolute Gasteiger partial charge is 0.342 e. The third-order valence-corrected chi connectivity index (χ3v) is 7.02. The number of nitrogens with zero attached hydrogens (tertiary/aromatic N) is 3. The molecule has 2 aromatic heterocycles. The molecule has 0 spiro atoms. The second-order valence-corrected chi connectivity index (χ2v) is 8.84. The number of rotatable bonds is 5. The summed E-state index contributed by atoms with van der Waals surface area (Å²) in [6, 6.07) is 8.26. The Morgan fingerprint density at radius 3 is 2.61 bits per heavy atom. The fourth-order valence-corrected chi connectivity index (χ4v) is 5.41. The Hall–Kier alpha value is -2.12. The number of hydrogen-bond acceptors (Lipinski definition) is 5. The molecule has 0 N–H and O–H groups in total. The highest BCUT2D eigenvalue weighted by Gasteiger charge is 2.20. The van der Waals surface area contributed by atoms with Crippen molar-refractivity contribution < 1.29 is 4.79 Å². The molecule has 0 radical (unpaired) electrons. The van der Waals surface area contributed by atoms with Gasteiger partial charge in [0.2, 0.25) is 5.91 Å². The van der Waals surface area contributed by atoms with Crippen molar-refractivity contribution in [2.24, 2.45) is 0 Å². The van der Waals surface area contributed by atoms with Gasteiger partial charge in [-0.25, -0.2) is 4.98 Å². The number of amides is 1. The summed E-state index contributed by atoms with van der Waals surface area (Å²) in [5.41, 5.74) is 3.95. The van der Waals surface area contributed by atoms with Crippen molar-refractivity contribution in [2.45, 2.75) is 38.4 Å². The van der Waals surface area contributed by atoms with Crippen LogP contribution >= 0.6 is 23.1 Å². The van der Waals surface area contributed by atoms with Crippen LogP contribution in [0.25, 0.3) is 21.3 Å². The number of aryl methyl sites for hydroxylation is 1. The van der Waals surface area contributed by atoms with Crippen LogP contribution in [0.3, 0.4) is 0 Å². The van der Waals surface area contributed by atoms with Crippen LogP contribution in [0.15, 0.2) is 39.6 Å². The van der Waals surface area contributed by atoms with Crippen LogP contribution in [0.5, 0.6) is 0 Å². The smallest absolute Gasteiger partial charge is 0.272 e. The van der Waals surface area contributed by atoms with Crippen molar-refractivity contribution >= 4 is 39.2 Å². The maximum absolute atomic E-state index is 13.0. The minimum Gasteiger partial charge on any atom is -0.342 e. The summed E-state index contributed by atoms with van der Waals surface area (Å²) in [4.78, 5) is 32.2. The predicted molar refractivity (Wildman–Crippen MR) is 116 cm³/mol. The molecule has 1 aromatic carbocycles. The zero-order chi connectivity index (χ0) is 19.7. The highest BCUT2D eigenvalue weighted by atomic mass is 32.2. The zero-order valence-electron chi connectivity index (χ0n) is 16.1. The third kappa shape index (κ3) is 3.61. The van der Waals surface area contributed by atoms with Gasteiger partial charge in [0.1, 0.15) is 4.70 Å². The van der Waals surface area contributed by atoms with Crippen molar-refractivity contribution in [1.29, 1.82) is 0 Å². The molecule has 0 saturated carbocycles. The Balaban J connectivity index is 1.70. The Labute approximate surface area is 172 Å². The first-order valence-electron chi connectivity index (χ1n) is 9.58. The molecule has 0 aliphatic carbocycles. The van der Waals surface area contributed by atoms with E-state index < -0.39 is 0 Å². The summed E-state index contributed by atoms with van der Waals surface area (Å²) in [7, 11) is 0. The van der Waals surface area contributed by atoms with E-state index in [1.165, 1.54) is 28.7 Å². The summed E-state index contributed by atoms with van der Waals surface area (Å²) in [6.45, 7) is 6.22. The van der Waals surface area contributed by atoms with Crippen LogP contribution in [-0.2, 0) is 11.3 Å². The van der Waals surface area contributed by atoms with Gasteiger partial charge in [0.25, 0.3) is 5.56 Å². The lowest BCUT2D eigenvalue weighted by Gasteiger charge is -2.15. The molecule has 0 unspecified atom stereocenters. The molecule has 1 saturated heterocycles. The van der Waals surface area contributed by atoms with Gasteiger partial charge in [-0.05, 0) is 32.3 Å². The molecule has 0 bridgehead atoms. The average Bonchev–Trinajstić information content (AvgIpc) is 3.37. The van der Waals surface area contributed by atoms with Gasteiger partial charge in [-0.15, -0.1) is 11.3 Å². The highest BCUT2D eigenvalue weighted by Crippen LogP contribution is 2.32. The predicted octanol–water partition coefficient (Wildman–Crippen LogP) is 4.17. The summed E-state index contributed by atoms with van der Waals surface area (Å²) >= 11 is 2.81. The second-order valence-electron chi connectivity index (χ2n) is 7.01. The van der Waals surface area contributed by atoms with Gasteiger partial charge in [-0.1, -0.05) is 41.6 Å². The summed E-state index contributed by atoms with van der Waals surface area (Å²) in [5, 5.41) is 2.63. The molecule has 3 heterocycles. The van der Waals surface area contributed by atoms with Gasteiger partial charge < -0.3 is 4.90 Å². The van der Waals surface area contributed by atoms with Crippen molar-refractivity contribution in [3.63, 3.8) is 0 Å².